The molecule has 0 heterocycles. The van der Waals surface area contributed by atoms with Gasteiger partial charge in [-0.15, -0.1) is 0 Å². The molecule has 0 unspecified atom stereocenters. The molecule has 4 nitrogen and oxygen atoms in total. The fraction of sp³-hybridized carbons (Fsp3) is 0.600. The molecule has 0 aliphatic heterocycles. The van der Waals surface area contributed by atoms with Crippen molar-refractivity contribution in [3.8, 4) is 11.5 Å². The van der Waals surface area contributed by atoms with Gasteiger partial charge in [0.05, 0.1) is 7.11 Å². The number of ether oxygens (including phenoxy) is 2. The smallest absolute Gasteiger partial charge is 0.119 e. The third kappa shape index (κ3) is 5.49. The molecule has 0 amide bonds. The van der Waals surface area contributed by atoms with Gasteiger partial charge in [-0.3, -0.25) is 0 Å². The molecule has 0 spiro atoms. The second-order valence-electron chi connectivity index (χ2n) is 5.41. The maximum Gasteiger partial charge on any atom is 0.119 e. The van der Waals surface area contributed by atoms with Crippen LogP contribution in [0.15, 0.2) is 24.3 Å². The summed E-state index contributed by atoms with van der Waals surface area (Å²) in [6.45, 7) is 6.86. The van der Waals surface area contributed by atoms with Gasteiger partial charge < -0.3 is 19.7 Å². The molecule has 1 rings (SSSR count). The lowest BCUT2D eigenvalue weighted by atomic mass is 10.0. The van der Waals surface area contributed by atoms with Crippen molar-refractivity contribution >= 4 is 0 Å². The minimum Gasteiger partial charge on any atom is -0.497 e. The standard InChI is InChI=1S/C15H26N2O2/c1-15(2,17(3)4)12-16-10-11-19-14-8-6-13(18-5)7-9-14/h6-9,16H,10-12H2,1-5H3. The number of hydrogen-bond donors (Lipinski definition) is 1. The number of likely N-dealkylation sites (N-methyl/N-ethyl adjacent to an activating group) is 1. The van der Waals surface area contributed by atoms with Crippen LogP contribution in [-0.4, -0.2) is 51.3 Å². The van der Waals surface area contributed by atoms with Crippen LogP contribution in [0.4, 0.5) is 0 Å². The van der Waals surface area contributed by atoms with E-state index >= 15 is 0 Å². The molecule has 1 N–H and O–H groups in total. The molecule has 1 aromatic rings. The van der Waals surface area contributed by atoms with Gasteiger partial charge >= 0.3 is 0 Å². The van der Waals surface area contributed by atoms with Gasteiger partial charge in [0, 0.05) is 18.6 Å². The van der Waals surface area contributed by atoms with Crippen molar-refractivity contribution in [3.63, 3.8) is 0 Å². The highest BCUT2D eigenvalue weighted by Crippen LogP contribution is 2.16. The monoisotopic (exact) mass is 266 g/mol. The third-order valence-electron chi connectivity index (χ3n) is 3.38. The van der Waals surface area contributed by atoms with Gasteiger partial charge in [-0.1, -0.05) is 0 Å². The molecule has 0 atom stereocenters. The van der Waals surface area contributed by atoms with Gasteiger partial charge in [-0.2, -0.15) is 0 Å². The molecule has 1 aromatic carbocycles. The van der Waals surface area contributed by atoms with E-state index in [2.05, 4.69) is 38.2 Å². The first kappa shape index (κ1) is 15.8. The van der Waals surface area contributed by atoms with Crippen LogP contribution in [0.1, 0.15) is 13.8 Å². The van der Waals surface area contributed by atoms with Crippen LogP contribution in [0.5, 0.6) is 11.5 Å². The van der Waals surface area contributed by atoms with Crippen LogP contribution >= 0.6 is 0 Å². The number of methoxy groups -OCH3 is 1. The summed E-state index contributed by atoms with van der Waals surface area (Å²) < 4.78 is 10.7. The molecular formula is C15H26N2O2. The SMILES string of the molecule is COc1ccc(OCCNCC(C)(C)N(C)C)cc1. The summed E-state index contributed by atoms with van der Waals surface area (Å²) in [5, 5.41) is 3.41. The summed E-state index contributed by atoms with van der Waals surface area (Å²) in [7, 11) is 5.84. The Balaban J connectivity index is 2.20. The van der Waals surface area contributed by atoms with E-state index in [0.717, 1.165) is 24.6 Å². The zero-order valence-electron chi connectivity index (χ0n) is 12.7. The van der Waals surface area contributed by atoms with E-state index < -0.39 is 0 Å². The molecule has 0 saturated heterocycles. The minimum absolute atomic E-state index is 0.153. The Hall–Kier alpha value is -1.26. The van der Waals surface area contributed by atoms with Gasteiger partial charge in [0.25, 0.3) is 0 Å². The molecular weight excluding hydrogens is 240 g/mol. The number of rotatable bonds is 8. The molecule has 0 aromatic heterocycles. The van der Waals surface area contributed by atoms with Crippen molar-refractivity contribution in [1.29, 1.82) is 0 Å². The molecule has 0 saturated carbocycles. The van der Waals surface area contributed by atoms with E-state index in [1.807, 2.05) is 24.3 Å². The molecule has 108 valence electrons. The summed E-state index contributed by atoms with van der Waals surface area (Å²) in [6, 6.07) is 7.64. The topological polar surface area (TPSA) is 33.7 Å². The number of hydrogen-bond acceptors (Lipinski definition) is 4. The Morgan fingerprint density at radius 2 is 1.68 bits per heavy atom. The average molecular weight is 266 g/mol. The van der Waals surface area contributed by atoms with Gasteiger partial charge in [0.2, 0.25) is 0 Å². The maximum absolute atomic E-state index is 5.65. The summed E-state index contributed by atoms with van der Waals surface area (Å²) in [5.74, 6) is 1.72. The van der Waals surface area contributed by atoms with Crippen LogP contribution < -0.4 is 14.8 Å². The molecule has 0 fully saturated rings. The first-order valence-electron chi connectivity index (χ1n) is 6.61. The summed E-state index contributed by atoms with van der Waals surface area (Å²) >= 11 is 0. The van der Waals surface area contributed by atoms with Gasteiger partial charge in [0.15, 0.2) is 0 Å². The Morgan fingerprint density at radius 3 is 2.21 bits per heavy atom. The maximum atomic E-state index is 5.65. The van der Waals surface area contributed by atoms with Crippen molar-refractivity contribution in [2.24, 2.45) is 0 Å². The average Bonchev–Trinajstić information content (AvgIpc) is 2.38. The Kier molecular flexibility index (Phi) is 6.12. The van der Waals surface area contributed by atoms with E-state index in [1.54, 1.807) is 7.11 Å². The van der Waals surface area contributed by atoms with E-state index in [4.69, 9.17) is 9.47 Å². The first-order valence-corrected chi connectivity index (χ1v) is 6.61. The Bertz CT molecular complexity index is 361. The molecule has 0 bridgehead atoms. The minimum atomic E-state index is 0.153. The largest absolute Gasteiger partial charge is 0.497 e. The summed E-state index contributed by atoms with van der Waals surface area (Å²) in [6.07, 6.45) is 0. The number of nitrogens with zero attached hydrogens (tertiary/aromatic N) is 1. The number of benzene rings is 1. The molecule has 0 aliphatic carbocycles. The van der Waals surface area contributed by atoms with Gasteiger partial charge in [-0.25, -0.2) is 0 Å². The van der Waals surface area contributed by atoms with E-state index in [9.17, 15) is 0 Å². The normalized spacial score (nSPS) is 11.7. The van der Waals surface area contributed by atoms with Gasteiger partial charge in [0.1, 0.15) is 18.1 Å². The van der Waals surface area contributed by atoms with Crippen molar-refractivity contribution in [2.45, 2.75) is 19.4 Å². The molecule has 19 heavy (non-hydrogen) atoms. The third-order valence-corrected chi connectivity index (χ3v) is 3.38. The van der Waals surface area contributed by atoms with Crippen LogP contribution in [0.2, 0.25) is 0 Å². The molecule has 0 aliphatic rings. The fourth-order valence-electron chi connectivity index (χ4n) is 1.47. The van der Waals surface area contributed by atoms with E-state index in [-0.39, 0.29) is 5.54 Å². The lowest BCUT2D eigenvalue weighted by Crippen LogP contribution is -2.47. The van der Waals surface area contributed by atoms with E-state index in [1.165, 1.54) is 0 Å². The second kappa shape index (κ2) is 7.36. The van der Waals surface area contributed by atoms with Crippen molar-refractivity contribution in [3.05, 3.63) is 24.3 Å². The summed E-state index contributed by atoms with van der Waals surface area (Å²) in [4.78, 5) is 2.21. The lowest BCUT2D eigenvalue weighted by Gasteiger charge is -2.32. The second-order valence-corrected chi connectivity index (χ2v) is 5.41. The van der Waals surface area contributed by atoms with Crippen LogP contribution in [-0.2, 0) is 0 Å². The van der Waals surface area contributed by atoms with Crippen molar-refractivity contribution < 1.29 is 9.47 Å². The van der Waals surface area contributed by atoms with Crippen molar-refractivity contribution in [2.75, 3.05) is 40.9 Å². The fourth-order valence-corrected chi connectivity index (χ4v) is 1.47. The Labute approximate surface area is 116 Å². The Morgan fingerprint density at radius 1 is 1.11 bits per heavy atom. The number of nitrogens with one attached hydrogen (secondary N) is 1. The molecule has 0 radical (unpaired) electrons. The quantitative estimate of drug-likeness (QED) is 0.730. The zero-order valence-corrected chi connectivity index (χ0v) is 12.7. The highest BCUT2D eigenvalue weighted by molar-refractivity contribution is 5.31. The zero-order chi connectivity index (χ0) is 14.3. The molecule has 4 heteroatoms. The predicted octanol–water partition coefficient (Wildman–Crippen LogP) is 2.00. The van der Waals surface area contributed by atoms with Crippen LogP contribution in [0.25, 0.3) is 0 Å². The summed E-state index contributed by atoms with van der Waals surface area (Å²) in [5.41, 5.74) is 0.153. The van der Waals surface area contributed by atoms with Gasteiger partial charge in [-0.05, 0) is 52.2 Å². The van der Waals surface area contributed by atoms with Crippen molar-refractivity contribution in [1.82, 2.24) is 10.2 Å². The first-order chi connectivity index (χ1) is 8.95. The highest BCUT2D eigenvalue weighted by Gasteiger charge is 2.19. The predicted molar refractivity (Wildman–Crippen MR) is 79.1 cm³/mol. The van der Waals surface area contributed by atoms with E-state index in [0.29, 0.717) is 6.61 Å². The highest BCUT2D eigenvalue weighted by atomic mass is 16.5. The lowest BCUT2D eigenvalue weighted by molar-refractivity contribution is 0.186. The van der Waals surface area contributed by atoms with Crippen LogP contribution in [0, 0.1) is 0 Å². The van der Waals surface area contributed by atoms with Crippen LogP contribution in [0.3, 0.4) is 0 Å².